The number of carbonyl (C=O) groups excluding carboxylic acids is 1. The van der Waals surface area contributed by atoms with E-state index in [9.17, 15) is 13.2 Å². The average Bonchev–Trinajstić information content (AvgIpc) is 3.15. The summed E-state index contributed by atoms with van der Waals surface area (Å²) in [6.07, 6.45) is 0.223. The van der Waals surface area contributed by atoms with Crippen molar-refractivity contribution < 1.29 is 17.9 Å². The number of nitrogens with zero attached hydrogens (tertiary/aromatic N) is 2. The quantitative estimate of drug-likeness (QED) is 0.726. The first kappa shape index (κ1) is 20.0. The minimum atomic E-state index is -3.08. The Morgan fingerprint density at radius 1 is 1.14 bits per heavy atom. The predicted molar refractivity (Wildman–Crippen MR) is 115 cm³/mol. The van der Waals surface area contributed by atoms with E-state index in [1.54, 1.807) is 7.11 Å². The second kappa shape index (κ2) is 8.20. The fourth-order valence-electron chi connectivity index (χ4n) is 3.75. The monoisotopic (exact) mass is 430 g/mol. The molecule has 0 saturated carbocycles. The molecule has 0 spiro atoms. The van der Waals surface area contributed by atoms with E-state index in [0.717, 1.165) is 16.9 Å². The van der Waals surface area contributed by atoms with E-state index < -0.39 is 9.84 Å². The van der Waals surface area contributed by atoms with Crippen LogP contribution >= 0.6 is 11.8 Å². The molecule has 2 fully saturated rings. The molecule has 8 heteroatoms. The third-order valence-electron chi connectivity index (χ3n) is 5.13. The number of amides is 1. The normalized spacial score (nSPS) is 23.9. The van der Waals surface area contributed by atoms with Gasteiger partial charge in [0.15, 0.2) is 15.0 Å². The van der Waals surface area contributed by atoms with Gasteiger partial charge in [-0.25, -0.2) is 8.42 Å². The molecule has 2 heterocycles. The van der Waals surface area contributed by atoms with Gasteiger partial charge in [-0.3, -0.25) is 4.79 Å². The van der Waals surface area contributed by atoms with Gasteiger partial charge in [0.25, 0.3) is 5.91 Å². The summed E-state index contributed by atoms with van der Waals surface area (Å²) in [5.41, 5.74) is 1.84. The van der Waals surface area contributed by atoms with Gasteiger partial charge in [-0.15, -0.1) is 0 Å². The number of aliphatic imine (C=N–C) groups is 1. The van der Waals surface area contributed by atoms with E-state index in [0.29, 0.717) is 11.7 Å². The third-order valence-corrected chi connectivity index (χ3v) is 8.37. The van der Waals surface area contributed by atoms with E-state index in [-0.39, 0.29) is 35.1 Å². The van der Waals surface area contributed by atoms with Crippen molar-refractivity contribution in [3.8, 4) is 5.75 Å². The summed E-state index contributed by atoms with van der Waals surface area (Å²) in [7, 11) is -1.47. The zero-order chi connectivity index (χ0) is 20.4. The Labute approximate surface area is 174 Å². The van der Waals surface area contributed by atoms with Gasteiger partial charge in [0.2, 0.25) is 0 Å². The summed E-state index contributed by atoms with van der Waals surface area (Å²) in [5, 5.41) is 0.500. The first-order valence-electron chi connectivity index (χ1n) is 9.36. The van der Waals surface area contributed by atoms with Crippen molar-refractivity contribution in [2.75, 3.05) is 18.6 Å². The lowest BCUT2D eigenvalue weighted by atomic mass is 10.1. The molecular weight excluding hydrogens is 408 g/mol. The number of para-hydroxylation sites is 1. The lowest BCUT2D eigenvalue weighted by molar-refractivity contribution is -0.117. The molecule has 0 radical (unpaired) electrons. The Hall–Kier alpha value is -2.32. The number of amidine groups is 1. The zero-order valence-electron chi connectivity index (χ0n) is 16.0. The second-order valence-corrected chi connectivity index (χ2v) is 10.6. The highest BCUT2D eigenvalue weighted by atomic mass is 32.2. The number of hydrogen-bond donors (Lipinski definition) is 0. The minimum absolute atomic E-state index is 0.0890. The molecule has 2 aromatic rings. The summed E-state index contributed by atoms with van der Waals surface area (Å²) in [5.74, 6) is 0.714. The number of fused-ring (bicyclic) bond motifs is 1. The topological polar surface area (TPSA) is 76.0 Å². The fourth-order valence-corrected chi connectivity index (χ4v) is 7.72. The first-order valence-corrected chi connectivity index (χ1v) is 12.1. The molecule has 2 atom stereocenters. The van der Waals surface area contributed by atoms with Gasteiger partial charge in [0.1, 0.15) is 5.75 Å². The molecule has 4 rings (SSSR count). The van der Waals surface area contributed by atoms with Crippen molar-refractivity contribution in [1.82, 2.24) is 4.90 Å². The Bertz CT molecular complexity index is 1040. The Morgan fingerprint density at radius 2 is 1.86 bits per heavy atom. The number of benzene rings is 2. The highest BCUT2D eigenvalue weighted by Crippen LogP contribution is 2.39. The van der Waals surface area contributed by atoms with Gasteiger partial charge in [-0.1, -0.05) is 60.3 Å². The van der Waals surface area contributed by atoms with Gasteiger partial charge in [0, 0.05) is 17.4 Å². The minimum Gasteiger partial charge on any atom is -0.496 e. The lowest BCUT2D eigenvalue weighted by Crippen LogP contribution is -2.37. The second-order valence-electron chi connectivity index (χ2n) is 7.19. The van der Waals surface area contributed by atoms with Crippen LogP contribution < -0.4 is 4.74 Å². The van der Waals surface area contributed by atoms with Crippen molar-refractivity contribution in [2.45, 2.75) is 24.3 Å². The maximum absolute atomic E-state index is 12.6. The van der Waals surface area contributed by atoms with Crippen LogP contribution in [0.15, 0.2) is 59.6 Å². The van der Waals surface area contributed by atoms with Crippen LogP contribution in [0.25, 0.3) is 0 Å². The number of methoxy groups -OCH3 is 1. The third kappa shape index (κ3) is 4.48. The molecule has 2 aliphatic rings. The van der Waals surface area contributed by atoms with Gasteiger partial charge < -0.3 is 9.64 Å². The van der Waals surface area contributed by atoms with Crippen molar-refractivity contribution in [3.63, 3.8) is 0 Å². The van der Waals surface area contributed by atoms with E-state index in [1.807, 2.05) is 59.5 Å². The lowest BCUT2D eigenvalue weighted by Gasteiger charge is -2.25. The average molecular weight is 431 g/mol. The number of thioether (sulfide) groups is 1. The van der Waals surface area contributed by atoms with E-state index in [1.165, 1.54) is 11.8 Å². The predicted octanol–water partition coefficient (Wildman–Crippen LogP) is 2.53. The van der Waals surface area contributed by atoms with Crippen LogP contribution in [0.2, 0.25) is 0 Å². The molecular formula is C21H22N2O4S2. The van der Waals surface area contributed by atoms with E-state index in [2.05, 4.69) is 4.99 Å². The van der Waals surface area contributed by atoms with Gasteiger partial charge in [-0.05, 0) is 11.6 Å². The van der Waals surface area contributed by atoms with Crippen LogP contribution in [-0.2, 0) is 27.6 Å². The molecule has 2 saturated heterocycles. The van der Waals surface area contributed by atoms with E-state index >= 15 is 0 Å². The van der Waals surface area contributed by atoms with Gasteiger partial charge >= 0.3 is 0 Å². The number of sulfone groups is 1. The van der Waals surface area contributed by atoms with E-state index in [4.69, 9.17) is 4.74 Å². The van der Waals surface area contributed by atoms with Gasteiger partial charge in [-0.2, -0.15) is 4.99 Å². The molecule has 6 nitrogen and oxygen atoms in total. The molecule has 152 valence electrons. The van der Waals surface area contributed by atoms with Crippen LogP contribution in [0.1, 0.15) is 11.1 Å². The van der Waals surface area contributed by atoms with Crippen molar-refractivity contribution in [3.05, 3.63) is 65.7 Å². The number of ether oxygens (including phenoxy) is 1. The maximum Gasteiger partial charge on any atom is 0.252 e. The zero-order valence-corrected chi connectivity index (χ0v) is 17.7. The molecule has 0 aromatic heterocycles. The number of hydrogen-bond acceptors (Lipinski definition) is 5. The maximum atomic E-state index is 12.6. The van der Waals surface area contributed by atoms with Crippen LogP contribution in [0, 0.1) is 0 Å². The molecule has 0 bridgehead atoms. The highest BCUT2D eigenvalue weighted by molar-refractivity contribution is 8.15. The van der Waals surface area contributed by atoms with Gasteiger partial charge in [0.05, 0.1) is 31.1 Å². The van der Waals surface area contributed by atoms with Crippen molar-refractivity contribution >= 4 is 32.7 Å². The molecule has 2 aliphatic heterocycles. The molecule has 0 N–H and O–H groups in total. The number of carbonyl (C=O) groups is 1. The van der Waals surface area contributed by atoms with Crippen LogP contribution in [0.4, 0.5) is 0 Å². The molecule has 0 aliphatic carbocycles. The van der Waals surface area contributed by atoms with Crippen LogP contribution in [0.3, 0.4) is 0 Å². The number of rotatable bonds is 5. The summed E-state index contributed by atoms with van der Waals surface area (Å²) >= 11 is 1.40. The fraction of sp³-hybridized carbons (Fsp3) is 0.333. The SMILES string of the molecule is COc1ccccc1CN1C(=NC(=O)Cc2ccccc2)S[C@@H]2CS(=O)(=O)C[C@H]21. The first-order chi connectivity index (χ1) is 13.9. The van der Waals surface area contributed by atoms with Crippen molar-refractivity contribution in [1.29, 1.82) is 0 Å². The van der Waals surface area contributed by atoms with Crippen LogP contribution in [0.5, 0.6) is 5.75 Å². The smallest absolute Gasteiger partial charge is 0.252 e. The molecule has 1 amide bonds. The summed E-state index contributed by atoms with van der Waals surface area (Å²) < 4.78 is 29.8. The molecule has 0 unspecified atom stereocenters. The van der Waals surface area contributed by atoms with Crippen molar-refractivity contribution in [2.24, 2.45) is 4.99 Å². The standard InChI is InChI=1S/C21H22N2O4S2/c1-27-18-10-6-5-9-16(18)12-23-17-13-29(25,26)14-19(17)28-21(23)22-20(24)11-15-7-3-2-4-8-15/h2-10,17,19H,11-14H2,1H3/t17-,19-/m1/s1. The Balaban J connectivity index is 1.60. The Morgan fingerprint density at radius 3 is 2.62 bits per heavy atom. The molecule has 2 aromatic carbocycles. The largest absolute Gasteiger partial charge is 0.496 e. The summed E-state index contributed by atoms with van der Waals surface area (Å²) in [6.45, 7) is 0.450. The summed E-state index contributed by atoms with van der Waals surface area (Å²) in [4.78, 5) is 18.9. The summed E-state index contributed by atoms with van der Waals surface area (Å²) in [6, 6.07) is 16.9. The van der Waals surface area contributed by atoms with Crippen LogP contribution in [-0.4, -0.2) is 54.3 Å². The molecule has 29 heavy (non-hydrogen) atoms. The highest BCUT2D eigenvalue weighted by Gasteiger charge is 2.48. The Kier molecular flexibility index (Phi) is 5.65.